The number of rotatable bonds is 4. The first-order valence-electron chi connectivity index (χ1n) is 6.37. The Morgan fingerprint density at radius 1 is 1.37 bits per heavy atom. The summed E-state index contributed by atoms with van der Waals surface area (Å²) in [7, 11) is 0. The van der Waals surface area contributed by atoms with Gasteiger partial charge in [0.1, 0.15) is 0 Å². The molecule has 1 aromatic carbocycles. The van der Waals surface area contributed by atoms with Crippen LogP contribution in [0.1, 0.15) is 33.2 Å². The van der Waals surface area contributed by atoms with Crippen LogP contribution in [0.25, 0.3) is 11.4 Å². The lowest BCUT2D eigenvalue weighted by Gasteiger charge is -2.20. The van der Waals surface area contributed by atoms with Gasteiger partial charge in [-0.1, -0.05) is 32.4 Å². The summed E-state index contributed by atoms with van der Waals surface area (Å²) in [6.07, 6.45) is 0.962. The van der Waals surface area contributed by atoms with E-state index in [0.29, 0.717) is 22.5 Å². The maximum atomic E-state index is 6.01. The van der Waals surface area contributed by atoms with Crippen molar-refractivity contribution in [2.24, 2.45) is 5.92 Å². The van der Waals surface area contributed by atoms with Crippen molar-refractivity contribution in [3.8, 4) is 11.4 Å². The predicted octanol–water partition coefficient (Wildman–Crippen LogP) is 3.18. The fourth-order valence-corrected chi connectivity index (χ4v) is 2.44. The lowest BCUT2D eigenvalue weighted by molar-refractivity contribution is 0.333. The predicted molar refractivity (Wildman–Crippen MR) is 76.8 cm³/mol. The smallest absolute Gasteiger partial charge is 0.184 e. The molecule has 0 bridgehead atoms. The van der Waals surface area contributed by atoms with Gasteiger partial charge in [0, 0.05) is 16.3 Å². The number of nitrogens with zero attached hydrogens (tertiary/aromatic N) is 4. The van der Waals surface area contributed by atoms with Gasteiger partial charge in [-0.25, -0.2) is 4.68 Å². The van der Waals surface area contributed by atoms with Gasteiger partial charge < -0.3 is 5.73 Å². The maximum absolute atomic E-state index is 6.01. The third kappa shape index (κ3) is 2.71. The van der Waals surface area contributed by atoms with Gasteiger partial charge in [0.25, 0.3) is 0 Å². The molecule has 2 aromatic rings. The zero-order chi connectivity index (χ0) is 14.0. The van der Waals surface area contributed by atoms with Crippen LogP contribution in [0.4, 0.5) is 5.69 Å². The average molecular weight is 280 g/mol. The van der Waals surface area contributed by atoms with Crippen LogP contribution >= 0.6 is 11.6 Å². The quantitative estimate of drug-likeness (QED) is 0.873. The Labute approximate surface area is 117 Å². The Hall–Kier alpha value is -1.62. The third-order valence-electron chi connectivity index (χ3n) is 3.25. The molecule has 19 heavy (non-hydrogen) atoms. The van der Waals surface area contributed by atoms with Crippen molar-refractivity contribution in [1.82, 2.24) is 20.2 Å². The summed E-state index contributed by atoms with van der Waals surface area (Å²) >= 11 is 5.92. The van der Waals surface area contributed by atoms with Gasteiger partial charge in [-0.2, -0.15) is 0 Å². The van der Waals surface area contributed by atoms with E-state index in [1.807, 2.05) is 10.7 Å². The van der Waals surface area contributed by atoms with Crippen molar-refractivity contribution >= 4 is 17.3 Å². The molecule has 0 aliphatic carbocycles. The fraction of sp³-hybridized carbons (Fsp3) is 0.462. The number of aromatic nitrogens is 4. The number of nitrogen functional groups attached to an aromatic ring is 1. The van der Waals surface area contributed by atoms with E-state index in [4.69, 9.17) is 17.3 Å². The van der Waals surface area contributed by atoms with Crippen molar-refractivity contribution in [2.45, 2.75) is 33.2 Å². The van der Waals surface area contributed by atoms with Crippen molar-refractivity contribution in [1.29, 1.82) is 0 Å². The molecule has 1 aromatic heterocycles. The van der Waals surface area contributed by atoms with Crippen LogP contribution < -0.4 is 5.73 Å². The highest BCUT2D eigenvalue weighted by Crippen LogP contribution is 2.30. The number of nitrogens with two attached hydrogens (primary N) is 1. The molecular formula is C13H18ClN5. The highest BCUT2D eigenvalue weighted by atomic mass is 35.5. The molecule has 2 N–H and O–H groups in total. The Morgan fingerprint density at radius 3 is 2.68 bits per heavy atom. The summed E-state index contributed by atoms with van der Waals surface area (Å²) in [4.78, 5) is 0. The van der Waals surface area contributed by atoms with Crippen molar-refractivity contribution in [2.75, 3.05) is 5.73 Å². The lowest BCUT2D eigenvalue weighted by atomic mass is 10.0. The highest BCUT2D eigenvalue weighted by molar-refractivity contribution is 6.31. The molecule has 0 radical (unpaired) electrons. The molecule has 2 rings (SSSR count). The Kier molecular flexibility index (Phi) is 4.04. The van der Waals surface area contributed by atoms with Crippen LogP contribution in [0.3, 0.4) is 0 Å². The first-order valence-corrected chi connectivity index (χ1v) is 6.75. The molecule has 0 amide bonds. The molecule has 0 saturated carbocycles. The van der Waals surface area contributed by atoms with Crippen LogP contribution in [0.5, 0.6) is 0 Å². The molecule has 1 heterocycles. The monoisotopic (exact) mass is 279 g/mol. The number of halogens is 1. The van der Waals surface area contributed by atoms with Crippen LogP contribution in [0.2, 0.25) is 5.02 Å². The largest absolute Gasteiger partial charge is 0.398 e. The van der Waals surface area contributed by atoms with E-state index in [-0.39, 0.29) is 6.04 Å². The second kappa shape index (κ2) is 5.57. The molecule has 1 atom stereocenters. The average Bonchev–Trinajstić information content (AvgIpc) is 2.78. The van der Waals surface area contributed by atoms with Crippen LogP contribution in [0.15, 0.2) is 18.2 Å². The normalized spacial score (nSPS) is 12.9. The van der Waals surface area contributed by atoms with Crippen molar-refractivity contribution in [3.63, 3.8) is 0 Å². The molecule has 102 valence electrons. The summed E-state index contributed by atoms with van der Waals surface area (Å²) in [5, 5.41) is 12.6. The first-order chi connectivity index (χ1) is 9.04. The van der Waals surface area contributed by atoms with E-state index >= 15 is 0 Å². The number of hydrogen-bond donors (Lipinski definition) is 1. The molecule has 0 aliphatic heterocycles. The molecule has 5 nitrogen and oxygen atoms in total. The zero-order valence-electron chi connectivity index (χ0n) is 11.3. The Balaban J connectivity index is 2.49. The second-order valence-electron chi connectivity index (χ2n) is 4.90. The van der Waals surface area contributed by atoms with Gasteiger partial charge >= 0.3 is 0 Å². The van der Waals surface area contributed by atoms with E-state index in [1.165, 1.54) is 0 Å². The summed E-state index contributed by atoms with van der Waals surface area (Å²) in [5.74, 6) is 1.13. The lowest BCUT2D eigenvalue weighted by Crippen LogP contribution is -2.17. The Morgan fingerprint density at radius 2 is 2.11 bits per heavy atom. The van der Waals surface area contributed by atoms with Crippen LogP contribution in [0, 0.1) is 5.92 Å². The van der Waals surface area contributed by atoms with E-state index in [1.54, 1.807) is 12.1 Å². The first kappa shape index (κ1) is 13.8. The number of hydrogen-bond acceptors (Lipinski definition) is 4. The molecular weight excluding hydrogens is 262 g/mol. The van der Waals surface area contributed by atoms with Gasteiger partial charge in [0.05, 0.1) is 6.04 Å². The third-order valence-corrected chi connectivity index (χ3v) is 3.48. The zero-order valence-corrected chi connectivity index (χ0v) is 12.1. The van der Waals surface area contributed by atoms with E-state index in [2.05, 4.69) is 36.3 Å². The molecule has 0 saturated heterocycles. The minimum absolute atomic E-state index is 0.250. The fourth-order valence-electron chi connectivity index (χ4n) is 2.26. The van der Waals surface area contributed by atoms with Gasteiger partial charge in [-0.15, -0.1) is 5.10 Å². The van der Waals surface area contributed by atoms with Crippen LogP contribution in [-0.4, -0.2) is 20.2 Å². The van der Waals surface area contributed by atoms with Gasteiger partial charge in [0.15, 0.2) is 5.82 Å². The number of tetrazole rings is 1. The number of anilines is 1. The van der Waals surface area contributed by atoms with Gasteiger partial charge in [-0.3, -0.25) is 0 Å². The highest BCUT2D eigenvalue weighted by Gasteiger charge is 2.21. The van der Waals surface area contributed by atoms with E-state index < -0.39 is 0 Å². The molecule has 0 fully saturated rings. The number of benzene rings is 1. The van der Waals surface area contributed by atoms with Crippen molar-refractivity contribution in [3.05, 3.63) is 23.2 Å². The summed E-state index contributed by atoms with van der Waals surface area (Å²) in [5.41, 5.74) is 7.40. The standard InChI is InChI=1S/C13H18ClN5/c1-4-12(8(2)3)19-13(16-17-18-19)10-6-5-9(14)7-11(10)15/h5-8,12H,4,15H2,1-3H3. The SMILES string of the molecule is CCC(C(C)C)n1nnnc1-c1ccc(Cl)cc1N. The molecule has 0 spiro atoms. The minimum atomic E-state index is 0.250. The maximum Gasteiger partial charge on any atom is 0.184 e. The van der Waals surface area contributed by atoms with Gasteiger partial charge in [-0.05, 0) is 41.0 Å². The van der Waals surface area contributed by atoms with E-state index in [0.717, 1.165) is 12.0 Å². The topological polar surface area (TPSA) is 69.6 Å². The van der Waals surface area contributed by atoms with E-state index in [9.17, 15) is 0 Å². The molecule has 1 unspecified atom stereocenters. The van der Waals surface area contributed by atoms with Gasteiger partial charge in [0.2, 0.25) is 0 Å². The summed E-state index contributed by atoms with van der Waals surface area (Å²) < 4.78 is 1.85. The van der Waals surface area contributed by atoms with Crippen LogP contribution in [-0.2, 0) is 0 Å². The molecule has 0 aliphatic rings. The Bertz CT molecular complexity index is 564. The summed E-state index contributed by atoms with van der Waals surface area (Å²) in [6, 6.07) is 5.61. The summed E-state index contributed by atoms with van der Waals surface area (Å²) in [6.45, 7) is 6.44. The van der Waals surface area contributed by atoms with Crippen molar-refractivity contribution < 1.29 is 0 Å². The minimum Gasteiger partial charge on any atom is -0.398 e. The molecule has 6 heteroatoms. The second-order valence-corrected chi connectivity index (χ2v) is 5.33.